The number of hydrogen-bond acceptors (Lipinski definition) is 7. The summed E-state index contributed by atoms with van der Waals surface area (Å²) in [6, 6.07) is 24.3. The Hall–Kier alpha value is -3.88. The van der Waals surface area contributed by atoms with Crippen molar-refractivity contribution in [3.05, 3.63) is 121 Å². The molecule has 192 valence electrons. The summed E-state index contributed by atoms with van der Waals surface area (Å²) in [6.45, 7) is 1.98. The number of ether oxygens (including phenoxy) is 2. The summed E-state index contributed by atoms with van der Waals surface area (Å²) < 4.78 is 12.9. The van der Waals surface area contributed by atoms with Crippen LogP contribution in [0.3, 0.4) is 0 Å². The lowest BCUT2D eigenvalue weighted by molar-refractivity contribution is -0.138. The normalized spacial score (nSPS) is 15.1. The summed E-state index contributed by atoms with van der Waals surface area (Å²) in [5, 5.41) is 0. The van der Waals surface area contributed by atoms with Gasteiger partial charge in [0.15, 0.2) is 4.80 Å². The molecule has 1 aliphatic heterocycles. The molecule has 1 atom stereocenters. The fraction of sp³-hybridized carbons (Fsp3) is 0.167. The van der Waals surface area contributed by atoms with Crippen LogP contribution in [-0.2, 0) is 9.53 Å². The molecule has 0 fully saturated rings. The van der Waals surface area contributed by atoms with Crippen LogP contribution in [0.4, 0.5) is 0 Å². The summed E-state index contributed by atoms with van der Waals surface area (Å²) in [7, 11) is 1.62. The van der Waals surface area contributed by atoms with Gasteiger partial charge in [-0.3, -0.25) is 9.36 Å². The number of carbonyl (C=O) groups excluding carboxylic acids is 1. The minimum Gasteiger partial charge on any atom is -0.497 e. The number of benzene rings is 3. The molecule has 8 heteroatoms. The van der Waals surface area contributed by atoms with E-state index in [-0.39, 0.29) is 12.2 Å². The summed E-state index contributed by atoms with van der Waals surface area (Å²) in [4.78, 5) is 33.9. The van der Waals surface area contributed by atoms with Gasteiger partial charge in [0.25, 0.3) is 5.56 Å². The maximum atomic E-state index is 13.9. The van der Waals surface area contributed by atoms with Gasteiger partial charge >= 0.3 is 5.97 Å². The van der Waals surface area contributed by atoms with Gasteiger partial charge in [-0.2, -0.15) is 0 Å². The molecule has 0 amide bonds. The Morgan fingerprint density at radius 3 is 2.39 bits per heavy atom. The molecule has 1 aromatic heterocycles. The van der Waals surface area contributed by atoms with E-state index in [0.29, 0.717) is 20.6 Å². The number of esters is 1. The number of hydrogen-bond donors (Lipinski definition) is 0. The number of fused-ring (bicyclic) bond motifs is 1. The quantitative estimate of drug-likeness (QED) is 0.251. The molecule has 0 radical (unpaired) electrons. The summed E-state index contributed by atoms with van der Waals surface area (Å²) in [6.07, 6.45) is 3.85. The van der Waals surface area contributed by atoms with Gasteiger partial charge in [-0.1, -0.05) is 65.9 Å². The van der Waals surface area contributed by atoms with Crippen molar-refractivity contribution >= 4 is 40.8 Å². The highest BCUT2D eigenvalue weighted by molar-refractivity contribution is 7.98. The van der Waals surface area contributed by atoms with Crippen LogP contribution in [0.2, 0.25) is 0 Å². The zero-order valence-corrected chi connectivity index (χ0v) is 22.8. The Labute approximate surface area is 228 Å². The fourth-order valence-electron chi connectivity index (χ4n) is 4.39. The van der Waals surface area contributed by atoms with Gasteiger partial charge in [-0.15, -0.1) is 11.8 Å². The molecular weight excluding hydrogens is 516 g/mol. The molecule has 0 saturated heterocycles. The van der Waals surface area contributed by atoms with Crippen LogP contribution < -0.4 is 19.6 Å². The molecule has 0 N–H and O–H groups in total. The lowest BCUT2D eigenvalue weighted by Crippen LogP contribution is -2.40. The van der Waals surface area contributed by atoms with Crippen molar-refractivity contribution in [1.29, 1.82) is 0 Å². The second-order valence-corrected chi connectivity index (χ2v) is 10.4. The maximum absolute atomic E-state index is 13.9. The second kappa shape index (κ2) is 11.2. The average molecular weight is 543 g/mol. The Bertz CT molecular complexity index is 1670. The van der Waals surface area contributed by atoms with E-state index in [2.05, 4.69) is 0 Å². The fourth-order valence-corrected chi connectivity index (χ4v) is 5.80. The van der Waals surface area contributed by atoms with E-state index < -0.39 is 12.0 Å². The second-order valence-electron chi connectivity index (χ2n) is 8.48. The van der Waals surface area contributed by atoms with Crippen LogP contribution in [0.25, 0.3) is 11.8 Å². The molecular formula is C30H26N2O4S2. The van der Waals surface area contributed by atoms with Crippen molar-refractivity contribution in [3.63, 3.8) is 0 Å². The van der Waals surface area contributed by atoms with Crippen LogP contribution in [0.1, 0.15) is 29.7 Å². The van der Waals surface area contributed by atoms with Crippen molar-refractivity contribution < 1.29 is 14.3 Å². The maximum Gasteiger partial charge on any atom is 0.338 e. The van der Waals surface area contributed by atoms with Crippen molar-refractivity contribution in [3.8, 4) is 5.75 Å². The smallest absolute Gasteiger partial charge is 0.338 e. The van der Waals surface area contributed by atoms with Crippen LogP contribution in [0.5, 0.6) is 5.75 Å². The third-order valence-corrected chi connectivity index (χ3v) is 7.95. The van der Waals surface area contributed by atoms with Gasteiger partial charge in [0.05, 0.1) is 35.6 Å². The summed E-state index contributed by atoms with van der Waals surface area (Å²) >= 11 is 2.94. The van der Waals surface area contributed by atoms with Gasteiger partial charge in [0.1, 0.15) is 5.75 Å². The minimum absolute atomic E-state index is 0.211. The van der Waals surface area contributed by atoms with E-state index in [1.54, 1.807) is 30.4 Å². The predicted molar refractivity (Wildman–Crippen MR) is 152 cm³/mol. The number of methoxy groups -OCH3 is 1. The van der Waals surface area contributed by atoms with Crippen LogP contribution in [-0.4, -0.2) is 30.5 Å². The zero-order valence-electron chi connectivity index (χ0n) is 21.2. The van der Waals surface area contributed by atoms with E-state index in [0.717, 1.165) is 27.3 Å². The van der Waals surface area contributed by atoms with Crippen LogP contribution >= 0.6 is 23.1 Å². The van der Waals surface area contributed by atoms with Gasteiger partial charge in [0.2, 0.25) is 0 Å². The lowest BCUT2D eigenvalue weighted by Gasteiger charge is -2.26. The molecule has 5 rings (SSSR count). The topological polar surface area (TPSA) is 69.9 Å². The highest BCUT2D eigenvalue weighted by atomic mass is 32.2. The predicted octanol–water partition coefficient (Wildman–Crippen LogP) is 4.67. The molecule has 4 aromatic rings. The van der Waals surface area contributed by atoms with Crippen molar-refractivity contribution in [1.82, 2.24) is 4.57 Å². The van der Waals surface area contributed by atoms with Gasteiger partial charge in [-0.05, 0) is 54.6 Å². The first-order valence-electron chi connectivity index (χ1n) is 12.1. The van der Waals surface area contributed by atoms with Crippen LogP contribution in [0.15, 0.2) is 99.1 Å². The number of thioether (sulfide) groups is 1. The van der Waals surface area contributed by atoms with Crippen molar-refractivity contribution in [2.75, 3.05) is 20.0 Å². The van der Waals surface area contributed by atoms with E-state index in [4.69, 9.17) is 14.5 Å². The van der Waals surface area contributed by atoms with E-state index in [1.165, 1.54) is 11.3 Å². The van der Waals surface area contributed by atoms with E-state index in [9.17, 15) is 9.59 Å². The number of thiazole rings is 1. The van der Waals surface area contributed by atoms with Crippen molar-refractivity contribution in [2.45, 2.75) is 17.9 Å². The van der Waals surface area contributed by atoms with E-state index >= 15 is 0 Å². The first-order chi connectivity index (χ1) is 18.5. The monoisotopic (exact) mass is 542 g/mol. The molecule has 0 spiro atoms. The molecule has 2 heterocycles. The van der Waals surface area contributed by atoms with Crippen LogP contribution in [0, 0.1) is 0 Å². The Morgan fingerprint density at radius 2 is 1.76 bits per heavy atom. The van der Waals surface area contributed by atoms with E-state index in [1.807, 2.05) is 91.2 Å². The SMILES string of the molecule is CCOC(=O)C1=C(c2ccccc2)N=c2s/c(=C\c3ccc(OC)cc3)c(=O)n2[C@@H]1c1ccc(SC)cc1. The Balaban J connectivity index is 1.79. The third-order valence-electron chi connectivity index (χ3n) is 6.22. The van der Waals surface area contributed by atoms with Crippen molar-refractivity contribution in [2.24, 2.45) is 4.99 Å². The molecule has 0 aliphatic carbocycles. The standard InChI is InChI=1S/C30H26N2O4S2/c1-4-36-29(34)25-26(20-8-6-5-7-9-20)31-30-32(27(25)21-12-16-23(37-3)17-13-21)28(33)24(38-30)18-19-10-14-22(35-2)15-11-19/h5-18,27H,4H2,1-3H3/b24-18-/t27-/m1/s1. The van der Waals surface area contributed by atoms with Gasteiger partial charge < -0.3 is 9.47 Å². The molecule has 38 heavy (non-hydrogen) atoms. The average Bonchev–Trinajstić information content (AvgIpc) is 3.27. The Kier molecular flexibility index (Phi) is 7.62. The van der Waals surface area contributed by atoms with Gasteiger partial charge in [-0.25, -0.2) is 9.79 Å². The zero-order chi connectivity index (χ0) is 26.6. The summed E-state index contributed by atoms with van der Waals surface area (Å²) in [5.41, 5.74) is 3.11. The molecule has 1 aliphatic rings. The number of carbonyl (C=O) groups is 1. The summed E-state index contributed by atoms with van der Waals surface area (Å²) in [5.74, 6) is 0.252. The Morgan fingerprint density at radius 1 is 1.05 bits per heavy atom. The number of rotatable bonds is 7. The lowest BCUT2D eigenvalue weighted by atomic mass is 9.93. The highest BCUT2D eigenvalue weighted by Crippen LogP contribution is 2.35. The third kappa shape index (κ3) is 4.97. The number of nitrogens with zero attached hydrogens (tertiary/aromatic N) is 2. The highest BCUT2D eigenvalue weighted by Gasteiger charge is 2.35. The molecule has 0 saturated carbocycles. The molecule has 0 bridgehead atoms. The minimum atomic E-state index is -0.686. The van der Waals surface area contributed by atoms with Gasteiger partial charge in [0, 0.05) is 10.5 Å². The molecule has 6 nitrogen and oxygen atoms in total. The first kappa shape index (κ1) is 25.8. The number of aromatic nitrogens is 1. The molecule has 3 aromatic carbocycles. The molecule has 0 unspecified atom stereocenters. The first-order valence-corrected chi connectivity index (χ1v) is 14.1. The largest absolute Gasteiger partial charge is 0.497 e.